The van der Waals surface area contributed by atoms with Gasteiger partial charge >= 0.3 is 0 Å². The zero-order chi connectivity index (χ0) is 15.4. The Morgan fingerprint density at radius 1 is 0.750 bits per heavy atom. The van der Waals surface area contributed by atoms with Crippen molar-refractivity contribution in [3.8, 4) is 0 Å². The molecule has 20 heavy (non-hydrogen) atoms. The van der Waals surface area contributed by atoms with Crippen LogP contribution in [0.3, 0.4) is 0 Å². The summed E-state index contributed by atoms with van der Waals surface area (Å²) in [6.45, 7) is 18.9. The second kappa shape index (κ2) is 7.91. The Morgan fingerprint density at radius 3 is 1.60 bits per heavy atom. The van der Waals surface area contributed by atoms with E-state index in [0.29, 0.717) is 0 Å². The highest BCUT2D eigenvalue weighted by atomic mass is 31.1. The predicted molar refractivity (Wildman–Crippen MR) is 98.9 cm³/mol. The van der Waals surface area contributed by atoms with Gasteiger partial charge in [0.15, 0.2) is 0 Å². The predicted octanol–water partition coefficient (Wildman–Crippen LogP) is 5.33. The van der Waals surface area contributed by atoms with E-state index in [4.69, 9.17) is 0 Å². The third-order valence-electron chi connectivity index (χ3n) is 3.57. The minimum absolute atomic E-state index is 0.0629. The molecule has 1 aromatic rings. The van der Waals surface area contributed by atoms with Crippen molar-refractivity contribution in [3.63, 3.8) is 0 Å². The van der Waals surface area contributed by atoms with Crippen molar-refractivity contribution in [2.45, 2.75) is 78.0 Å². The maximum absolute atomic E-state index is 3.54. The lowest BCUT2D eigenvalue weighted by Crippen LogP contribution is -2.22. The van der Waals surface area contributed by atoms with E-state index in [1.54, 1.807) is 5.30 Å². The van der Waals surface area contributed by atoms with Gasteiger partial charge in [0.2, 0.25) is 0 Å². The van der Waals surface area contributed by atoms with Crippen molar-refractivity contribution in [2.24, 2.45) is 0 Å². The second-order valence-corrected chi connectivity index (χ2v) is 13.4. The summed E-state index contributed by atoms with van der Waals surface area (Å²) in [5.74, 6) is 0. The molecule has 2 heteroatoms. The Bertz CT molecular complexity index is 356. The van der Waals surface area contributed by atoms with Crippen LogP contribution in [0.25, 0.3) is 0 Å². The second-order valence-electron chi connectivity index (χ2n) is 6.62. The number of benzene rings is 1. The van der Waals surface area contributed by atoms with Crippen LogP contribution < -0.4 is 10.6 Å². The normalized spacial score (nSPS) is 12.7. The SMILES string of the molecule is CC(C)P(c1[c]ccc(P(C(C)C)C(C)C)c1)C(C)C. The van der Waals surface area contributed by atoms with E-state index in [2.05, 4.69) is 79.7 Å². The minimum Gasteiger partial charge on any atom is -0.0700 e. The molecule has 0 aliphatic carbocycles. The molecular weight excluding hydrogens is 278 g/mol. The molecule has 0 nitrogen and oxygen atoms in total. The molecule has 0 spiro atoms. The topological polar surface area (TPSA) is 0 Å². The van der Waals surface area contributed by atoms with Crippen molar-refractivity contribution in [2.75, 3.05) is 0 Å². The third kappa shape index (κ3) is 4.54. The molecule has 0 saturated heterocycles. The fourth-order valence-electron chi connectivity index (χ4n) is 3.10. The van der Waals surface area contributed by atoms with Crippen LogP contribution in [0, 0.1) is 6.07 Å². The Kier molecular flexibility index (Phi) is 7.17. The molecule has 1 aromatic carbocycles. The summed E-state index contributed by atoms with van der Waals surface area (Å²) >= 11 is 0. The van der Waals surface area contributed by atoms with Gasteiger partial charge in [-0.05, 0) is 45.4 Å². The third-order valence-corrected chi connectivity index (χ3v) is 9.71. The molecule has 0 atom stereocenters. The van der Waals surface area contributed by atoms with Crippen molar-refractivity contribution in [3.05, 3.63) is 24.3 Å². The van der Waals surface area contributed by atoms with Gasteiger partial charge in [0, 0.05) is 0 Å². The smallest absolute Gasteiger partial charge is 0.00999 e. The largest absolute Gasteiger partial charge is 0.0700 e. The van der Waals surface area contributed by atoms with Crippen LogP contribution in [0.1, 0.15) is 55.4 Å². The molecule has 113 valence electrons. The molecule has 0 unspecified atom stereocenters. The molecule has 0 aliphatic rings. The van der Waals surface area contributed by atoms with Crippen molar-refractivity contribution in [1.29, 1.82) is 0 Å². The average Bonchev–Trinajstić information content (AvgIpc) is 2.27. The van der Waals surface area contributed by atoms with Crippen LogP contribution in [-0.4, -0.2) is 22.6 Å². The molecule has 0 fully saturated rings. The first-order chi connectivity index (χ1) is 9.25. The van der Waals surface area contributed by atoms with Crippen LogP contribution in [0.4, 0.5) is 0 Å². The van der Waals surface area contributed by atoms with E-state index in [9.17, 15) is 0 Å². The first-order valence-corrected chi connectivity index (χ1v) is 10.8. The molecule has 0 bridgehead atoms. The van der Waals surface area contributed by atoms with Gasteiger partial charge in [0.05, 0.1) is 0 Å². The molecule has 0 aliphatic heterocycles. The summed E-state index contributed by atoms with van der Waals surface area (Å²) < 4.78 is 0. The van der Waals surface area contributed by atoms with Gasteiger partial charge in [-0.2, -0.15) is 0 Å². The van der Waals surface area contributed by atoms with Crippen molar-refractivity contribution < 1.29 is 0 Å². The monoisotopic (exact) mass is 309 g/mol. The zero-order valence-electron chi connectivity index (χ0n) is 14.4. The van der Waals surface area contributed by atoms with Gasteiger partial charge in [-0.1, -0.05) is 83.4 Å². The van der Waals surface area contributed by atoms with Crippen LogP contribution in [-0.2, 0) is 0 Å². The summed E-state index contributed by atoms with van der Waals surface area (Å²) in [4.78, 5) is 0. The van der Waals surface area contributed by atoms with Crippen LogP contribution in [0.5, 0.6) is 0 Å². The van der Waals surface area contributed by atoms with Gasteiger partial charge in [0.25, 0.3) is 0 Å². The fourth-order valence-corrected chi connectivity index (χ4v) is 8.93. The average molecular weight is 309 g/mol. The van der Waals surface area contributed by atoms with Crippen molar-refractivity contribution >= 4 is 26.5 Å². The lowest BCUT2D eigenvalue weighted by molar-refractivity contribution is 1.02. The van der Waals surface area contributed by atoms with Crippen LogP contribution >= 0.6 is 15.8 Å². The number of rotatable bonds is 6. The summed E-state index contributed by atoms with van der Waals surface area (Å²) in [5.41, 5.74) is 2.98. The zero-order valence-corrected chi connectivity index (χ0v) is 16.2. The number of hydrogen-bond acceptors (Lipinski definition) is 0. The molecule has 0 saturated carbocycles. The Morgan fingerprint density at radius 2 is 1.20 bits per heavy atom. The fraction of sp³-hybridized carbons (Fsp3) is 0.667. The molecule has 1 rings (SSSR count). The molecule has 1 radical (unpaired) electrons. The molecule has 0 aromatic heterocycles. The maximum atomic E-state index is 3.54. The van der Waals surface area contributed by atoms with Crippen LogP contribution in [0.2, 0.25) is 0 Å². The van der Waals surface area contributed by atoms with Crippen molar-refractivity contribution in [1.82, 2.24) is 0 Å². The Balaban J connectivity index is 3.17. The first-order valence-electron chi connectivity index (χ1n) is 7.84. The standard InChI is InChI=1S/C18H31P2/c1-13(2)19(14(3)4)17-10-9-11-18(12-17)20(15(5)6)16(7)8/h9-10,12-16H,1-8H3. The van der Waals surface area contributed by atoms with Crippen LogP contribution in [0.15, 0.2) is 18.2 Å². The Labute approximate surface area is 129 Å². The van der Waals surface area contributed by atoms with Gasteiger partial charge in [-0.3, -0.25) is 0 Å². The summed E-state index contributed by atoms with van der Waals surface area (Å²) in [5, 5.41) is 3.06. The van der Waals surface area contributed by atoms with E-state index in [-0.39, 0.29) is 15.8 Å². The van der Waals surface area contributed by atoms with E-state index < -0.39 is 0 Å². The van der Waals surface area contributed by atoms with Gasteiger partial charge in [-0.15, -0.1) is 0 Å². The molecule has 0 amide bonds. The molecular formula is C18H31P2. The van der Waals surface area contributed by atoms with E-state index in [1.807, 2.05) is 0 Å². The Hall–Kier alpha value is 0.0800. The highest BCUT2D eigenvalue weighted by Gasteiger charge is 2.23. The highest BCUT2D eigenvalue weighted by Crippen LogP contribution is 2.47. The lowest BCUT2D eigenvalue weighted by Gasteiger charge is -2.29. The summed E-state index contributed by atoms with van der Waals surface area (Å²) in [7, 11) is -0.161. The van der Waals surface area contributed by atoms with E-state index in [0.717, 1.165) is 22.6 Å². The first kappa shape index (κ1) is 18.1. The number of hydrogen-bond donors (Lipinski definition) is 0. The maximum Gasteiger partial charge on any atom is -0.00999 e. The van der Waals surface area contributed by atoms with Gasteiger partial charge < -0.3 is 0 Å². The summed E-state index contributed by atoms with van der Waals surface area (Å²) in [6, 6.07) is 10.5. The minimum atomic E-state index is -0.0985. The molecule has 0 N–H and O–H groups in total. The highest BCUT2D eigenvalue weighted by molar-refractivity contribution is 7.68. The quantitative estimate of drug-likeness (QED) is 0.623. The lowest BCUT2D eigenvalue weighted by atomic mass is 10.4. The molecule has 0 heterocycles. The van der Waals surface area contributed by atoms with E-state index >= 15 is 0 Å². The van der Waals surface area contributed by atoms with Gasteiger partial charge in [-0.25, -0.2) is 0 Å². The van der Waals surface area contributed by atoms with E-state index in [1.165, 1.54) is 5.30 Å². The van der Waals surface area contributed by atoms with Gasteiger partial charge in [0.1, 0.15) is 0 Å². The summed E-state index contributed by atoms with van der Waals surface area (Å²) in [6.07, 6.45) is 0.